The van der Waals surface area contributed by atoms with Crippen LogP contribution in [0.1, 0.15) is 5.69 Å². The maximum absolute atomic E-state index is 4.53. The molecule has 2 aromatic rings. The number of rotatable bonds is 4. The number of likely N-dealkylation sites (N-methyl/N-ethyl adjacent to an activating group) is 1. The van der Waals surface area contributed by atoms with Crippen molar-refractivity contribution in [2.24, 2.45) is 0 Å². The van der Waals surface area contributed by atoms with E-state index in [1.54, 1.807) is 23.7 Å². The number of aromatic nitrogens is 3. The van der Waals surface area contributed by atoms with Gasteiger partial charge in [0.25, 0.3) is 0 Å². The molecule has 0 aliphatic rings. The highest BCUT2D eigenvalue weighted by Crippen LogP contribution is 2.22. The van der Waals surface area contributed by atoms with E-state index in [-0.39, 0.29) is 0 Å². The molecule has 0 aliphatic heterocycles. The maximum atomic E-state index is 4.53. The van der Waals surface area contributed by atoms with Gasteiger partial charge in [0.05, 0.1) is 18.1 Å². The number of thiazole rings is 1. The number of nitrogens with one attached hydrogen (secondary N) is 1. The molecule has 2 heterocycles. The lowest BCUT2D eigenvalue weighted by molar-refractivity contribution is 0.780. The molecule has 4 nitrogen and oxygen atoms in total. The summed E-state index contributed by atoms with van der Waals surface area (Å²) in [7, 11) is 1.94. The quantitative estimate of drug-likeness (QED) is 0.845. The zero-order valence-corrected chi connectivity index (χ0v) is 9.29. The van der Waals surface area contributed by atoms with Crippen LogP contribution in [0.4, 0.5) is 0 Å². The van der Waals surface area contributed by atoms with E-state index in [1.165, 1.54) is 0 Å². The van der Waals surface area contributed by atoms with Crippen molar-refractivity contribution >= 4 is 11.3 Å². The zero-order valence-electron chi connectivity index (χ0n) is 8.47. The largest absolute Gasteiger partial charge is 0.319 e. The molecule has 0 amide bonds. The molecule has 0 saturated heterocycles. The van der Waals surface area contributed by atoms with Crippen molar-refractivity contribution in [1.82, 2.24) is 20.5 Å². The summed E-state index contributed by atoms with van der Waals surface area (Å²) in [5, 5.41) is 13.8. The lowest BCUT2D eigenvalue weighted by Crippen LogP contribution is -2.10. The molecule has 0 fully saturated rings. The van der Waals surface area contributed by atoms with Crippen LogP contribution in [0.2, 0.25) is 0 Å². The fourth-order valence-corrected chi connectivity index (χ4v) is 2.07. The summed E-state index contributed by atoms with van der Waals surface area (Å²) in [6.45, 7) is 0.956. The Kier molecular flexibility index (Phi) is 3.37. The summed E-state index contributed by atoms with van der Waals surface area (Å²) in [4.78, 5) is 4.53. The Bertz CT molecular complexity index is 412. The summed E-state index contributed by atoms with van der Waals surface area (Å²) in [6.07, 6.45) is 4.39. The Hall–Kier alpha value is -1.33. The van der Waals surface area contributed by atoms with Crippen LogP contribution in [0.5, 0.6) is 0 Å². The molecule has 78 valence electrons. The van der Waals surface area contributed by atoms with Gasteiger partial charge in [0.2, 0.25) is 0 Å². The highest BCUT2D eigenvalue weighted by atomic mass is 32.1. The first kappa shape index (κ1) is 10.2. The Balaban J connectivity index is 2.14. The van der Waals surface area contributed by atoms with Crippen LogP contribution in [0, 0.1) is 0 Å². The standard InChI is InChI=1S/C10H12N4S/c1-11-4-3-9-7-15-10(14-9)8-2-5-12-13-6-8/h2,5-7,11H,3-4H2,1H3. The molecule has 0 spiro atoms. The van der Waals surface area contributed by atoms with Crippen LogP contribution in [0.3, 0.4) is 0 Å². The molecular weight excluding hydrogens is 208 g/mol. The van der Waals surface area contributed by atoms with E-state index in [4.69, 9.17) is 0 Å². The maximum Gasteiger partial charge on any atom is 0.125 e. The Labute approximate surface area is 92.4 Å². The highest BCUT2D eigenvalue weighted by molar-refractivity contribution is 7.13. The SMILES string of the molecule is CNCCc1csc(-c2ccnnc2)n1. The predicted octanol–water partition coefficient (Wildman–Crippen LogP) is 1.36. The second-order valence-corrected chi connectivity index (χ2v) is 3.99. The van der Waals surface area contributed by atoms with Gasteiger partial charge in [0, 0.05) is 23.9 Å². The molecule has 0 unspecified atom stereocenters. The molecular formula is C10H12N4S. The second kappa shape index (κ2) is 4.95. The molecule has 2 rings (SSSR count). The molecule has 0 saturated carbocycles. The van der Waals surface area contributed by atoms with Crippen molar-refractivity contribution in [2.45, 2.75) is 6.42 Å². The van der Waals surface area contributed by atoms with Crippen molar-refractivity contribution in [2.75, 3.05) is 13.6 Å². The summed E-state index contributed by atoms with van der Waals surface area (Å²) < 4.78 is 0. The van der Waals surface area contributed by atoms with Crippen molar-refractivity contribution in [3.8, 4) is 10.6 Å². The topological polar surface area (TPSA) is 50.7 Å². The van der Waals surface area contributed by atoms with Crippen molar-refractivity contribution in [3.63, 3.8) is 0 Å². The van der Waals surface area contributed by atoms with E-state index in [0.29, 0.717) is 0 Å². The average Bonchev–Trinajstić information content (AvgIpc) is 2.76. The first-order chi connectivity index (χ1) is 7.40. The van der Waals surface area contributed by atoms with Gasteiger partial charge in [-0.25, -0.2) is 4.98 Å². The third-order valence-electron chi connectivity index (χ3n) is 2.01. The number of hydrogen-bond acceptors (Lipinski definition) is 5. The Morgan fingerprint density at radius 1 is 1.40 bits per heavy atom. The number of nitrogens with zero attached hydrogens (tertiary/aromatic N) is 3. The van der Waals surface area contributed by atoms with Crippen LogP contribution in [-0.4, -0.2) is 28.8 Å². The first-order valence-electron chi connectivity index (χ1n) is 4.76. The molecule has 0 radical (unpaired) electrons. The van der Waals surface area contributed by atoms with Gasteiger partial charge in [0.1, 0.15) is 5.01 Å². The third-order valence-corrected chi connectivity index (χ3v) is 2.95. The van der Waals surface area contributed by atoms with E-state index < -0.39 is 0 Å². The zero-order chi connectivity index (χ0) is 10.5. The van der Waals surface area contributed by atoms with E-state index in [9.17, 15) is 0 Å². The lowest BCUT2D eigenvalue weighted by atomic mass is 10.3. The highest BCUT2D eigenvalue weighted by Gasteiger charge is 2.03. The van der Waals surface area contributed by atoms with Crippen LogP contribution in [0.25, 0.3) is 10.6 Å². The molecule has 0 aromatic carbocycles. The van der Waals surface area contributed by atoms with Crippen LogP contribution >= 0.6 is 11.3 Å². The molecule has 15 heavy (non-hydrogen) atoms. The monoisotopic (exact) mass is 220 g/mol. The van der Waals surface area contributed by atoms with Crippen molar-refractivity contribution < 1.29 is 0 Å². The van der Waals surface area contributed by atoms with E-state index in [1.807, 2.05) is 13.1 Å². The van der Waals surface area contributed by atoms with Gasteiger partial charge in [-0.1, -0.05) is 0 Å². The molecule has 2 aromatic heterocycles. The first-order valence-corrected chi connectivity index (χ1v) is 5.64. The van der Waals surface area contributed by atoms with Crippen molar-refractivity contribution in [1.29, 1.82) is 0 Å². The third kappa shape index (κ3) is 2.57. The van der Waals surface area contributed by atoms with Gasteiger partial charge < -0.3 is 5.32 Å². The fourth-order valence-electron chi connectivity index (χ4n) is 1.22. The van der Waals surface area contributed by atoms with E-state index in [0.717, 1.165) is 29.2 Å². The van der Waals surface area contributed by atoms with Gasteiger partial charge in [-0.3, -0.25) is 0 Å². The van der Waals surface area contributed by atoms with Gasteiger partial charge in [0.15, 0.2) is 0 Å². The summed E-state index contributed by atoms with van der Waals surface area (Å²) in [5.41, 5.74) is 2.16. The van der Waals surface area contributed by atoms with Gasteiger partial charge in [-0.2, -0.15) is 10.2 Å². The lowest BCUT2D eigenvalue weighted by Gasteiger charge is -1.94. The minimum Gasteiger partial charge on any atom is -0.319 e. The predicted molar refractivity (Wildman–Crippen MR) is 60.8 cm³/mol. The molecule has 0 atom stereocenters. The normalized spacial score (nSPS) is 10.5. The van der Waals surface area contributed by atoms with Gasteiger partial charge in [-0.15, -0.1) is 11.3 Å². The van der Waals surface area contributed by atoms with Crippen LogP contribution in [-0.2, 0) is 6.42 Å². The molecule has 1 N–H and O–H groups in total. The van der Waals surface area contributed by atoms with Gasteiger partial charge >= 0.3 is 0 Å². The minimum atomic E-state index is 0.956. The van der Waals surface area contributed by atoms with Gasteiger partial charge in [-0.05, 0) is 13.1 Å². The van der Waals surface area contributed by atoms with Crippen molar-refractivity contribution in [3.05, 3.63) is 29.5 Å². The summed E-state index contributed by atoms with van der Waals surface area (Å²) in [5.74, 6) is 0. The minimum absolute atomic E-state index is 0.956. The second-order valence-electron chi connectivity index (χ2n) is 3.13. The average molecular weight is 220 g/mol. The summed E-state index contributed by atoms with van der Waals surface area (Å²) in [6, 6.07) is 1.92. The van der Waals surface area contributed by atoms with E-state index in [2.05, 4.69) is 25.9 Å². The smallest absolute Gasteiger partial charge is 0.125 e. The Morgan fingerprint density at radius 3 is 3.07 bits per heavy atom. The summed E-state index contributed by atoms with van der Waals surface area (Å²) >= 11 is 1.65. The van der Waals surface area contributed by atoms with Crippen LogP contribution in [0.15, 0.2) is 23.8 Å². The number of hydrogen-bond donors (Lipinski definition) is 1. The van der Waals surface area contributed by atoms with E-state index >= 15 is 0 Å². The molecule has 5 heteroatoms. The molecule has 0 aliphatic carbocycles. The molecule has 0 bridgehead atoms. The fraction of sp³-hybridized carbons (Fsp3) is 0.300. The van der Waals surface area contributed by atoms with Crippen LogP contribution < -0.4 is 5.32 Å². The Morgan fingerprint density at radius 2 is 2.33 bits per heavy atom.